The Balaban J connectivity index is 2.38. The van der Waals surface area contributed by atoms with E-state index >= 15 is 0 Å². The van der Waals surface area contributed by atoms with Crippen LogP contribution in [0.25, 0.3) is 0 Å². The first-order chi connectivity index (χ1) is 12.6. The normalized spacial score (nSPS) is 12.2. The number of Topliss-reactive ketones (excluding diaryl/α,β-unsaturated/α-hetero) is 2. The second-order valence-electron chi connectivity index (χ2n) is 5.37. The average molecular weight is 444 g/mol. The highest BCUT2D eigenvalue weighted by atomic mass is 79.9. The third-order valence-electron chi connectivity index (χ3n) is 3.56. The minimum absolute atomic E-state index is 0.0208. The summed E-state index contributed by atoms with van der Waals surface area (Å²) in [6.45, 7) is 0. The van der Waals surface area contributed by atoms with Gasteiger partial charge in [0.05, 0.1) is 7.11 Å². The molecule has 0 heterocycles. The number of benzene rings is 2. The van der Waals surface area contributed by atoms with Crippen molar-refractivity contribution < 1.29 is 32.3 Å². The summed E-state index contributed by atoms with van der Waals surface area (Å²) in [7, 11) is 1.40. The number of hydrogen-bond donors (Lipinski definition) is 1. The van der Waals surface area contributed by atoms with Gasteiger partial charge in [0, 0.05) is 15.6 Å². The first-order valence-electron chi connectivity index (χ1n) is 7.49. The molecule has 1 atom stereocenters. The molecule has 2 aromatic carbocycles. The first-order valence-corrected chi connectivity index (χ1v) is 8.28. The highest BCUT2D eigenvalue weighted by molar-refractivity contribution is 9.10. The van der Waals surface area contributed by atoms with E-state index in [4.69, 9.17) is 4.74 Å². The Labute approximate surface area is 160 Å². The van der Waals surface area contributed by atoms with Crippen molar-refractivity contribution in [1.82, 2.24) is 5.32 Å². The number of methoxy groups -OCH3 is 1. The molecule has 0 aliphatic carbocycles. The molecule has 0 saturated carbocycles. The maximum Gasteiger partial charge on any atom is 0.471 e. The molecule has 1 unspecified atom stereocenters. The summed E-state index contributed by atoms with van der Waals surface area (Å²) in [5, 5.41) is 1.49. The zero-order chi connectivity index (χ0) is 20.2. The summed E-state index contributed by atoms with van der Waals surface area (Å²) in [5.41, 5.74) is -0.0683. The van der Waals surface area contributed by atoms with Gasteiger partial charge in [-0.05, 0) is 36.4 Å². The Kier molecular flexibility index (Phi) is 6.37. The van der Waals surface area contributed by atoms with Gasteiger partial charge in [0.2, 0.25) is 0 Å². The molecule has 2 rings (SSSR count). The van der Waals surface area contributed by atoms with Crippen molar-refractivity contribution in [2.75, 3.05) is 7.11 Å². The van der Waals surface area contributed by atoms with E-state index in [-0.39, 0.29) is 11.1 Å². The van der Waals surface area contributed by atoms with E-state index in [0.717, 1.165) is 0 Å². The summed E-state index contributed by atoms with van der Waals surface area (Å²) >= 11 is 3.17. The Morgan fingerprint density at radius 3 is 1.78 bits per heavy atom. The Morgan fingerprint density at radius 2 is 1.37 bits per heavy atom. The fourth-order valence-electron chi connectivity index (χ4n) is 2.17. The Morgan fingerprint density at radius 1 is 0.926 bits per heavy atom. The SMILES string of the molecule is COc1ccc(C(=O)C(NC(=O)C(F)(F)F)C(=O)c2ccc(Br)cc2)cc1. The van der Waals surface area contributed by atoms with Gasteiger partial charge in [-0.2, -0.15) is 13.2 Å². The molecular weight excluding hydrogens is 431 g/mol. The quantitative estimate of drug-likeness (QED) is 0.547. The van der Waals surface area contributed by atoms with Crippen molar-refractivity contribution in [3.05, 3.63) is 64.1 Å². The number of alkyl halides is 3. The lowest BCUT2D eigenvalue weighted by atomic mass is 9.96. The molecule has 0 bridgehead atoms. The molecule has 0 saturated heterocycles. The Bertz CT molecular complexity index is 848. The largest absolute Gasteiger partial charge is 0.497 e. The van der Waals surface area contributed by atoms with Crippen LogP contribution in [0.1, 0.15) is 20.7 Å². The number of ether oxygens (including phenoxy) is 1. The minimum atomic E-state index is -5.24. The van der Waals surface area contributed by atoms with Gasteiger partial charge in [-0.25, -0.2) is 0 Å². The van der Waals surface area contributed by atoms with Gasteiger partial charge in [-0.15, -0.1) is 0 Å². The Hall–Kier alpha value is -2.68. The fraction of sp³-hybridized carbons (Fsp3) is 0.167. The van der Waals surface area contributed by atoms with E-state index < -0.39 is 29.7 Å². The second-order valence-corrected chi connectivity index (χ2v) is 6.28. The highest BCUT2D eigenvalue weighted by Crippen LogP contribution is 2.19. The van der Waals surface area contributed by atoms with Gasteiger partial charge < -0.3 is 10.1 Å². The highest BCUT2D eigenvalue weighted by Gasteiger charge is 2.42. The smallest absolute Gasteiger partial charge is 0.471 e. The molecule has 0 aliphatic rings. The summed E-state index contributed by atoms with van der Waals surface area (Å²) < 4.78 is 43.5. The predicted molar refractivity (Wildman–Crippen MR) is 93.8 cm³/mol. The van der Waals surface area contributed by atoms with Gasteiger partial charge >= 0.3 is 12.1 Å². The number of rotatable bonds is 6. The molecular formula is C18H13BrF3NO4. The van der Waals surface area contributed by atoms with Crippen molar-refractivity contribution in [2.24, 2.45) is 0 Å². The number of nitrogens with one attached hydrogen (secondary N) is 1. The molecule has 2 aromatic rings. The van der Waals surface area contributed by atoms with E-state index in [1.54, 1.807) is 0 Å². The second kappa shape index (κ2) is 8.34. The number of amides is 1. The maximum absolute atomic E-state index is 12.6. The molecule has 0 radical (unpaired) electrons. The van der Waals surface area contributed by atoms with E-state index in [0.29, 0.717) is 10.2 Å². The third-order valence-corrected chi connectivity index (χ3v) is 4.09. The van der Waals surface area contributed by atoms with Crippen molar-refractivity contribution >= 4 is 33.4 Å². The van der Waals surface area contributed by atoms with Crippen molar-refractivity contribution in [2.45, 2.75) is 12.2 Å². The van der Waals surface area contributed by atoms with Crippen LogP contribution >= 0.6 is 15.9 Å². The molecule has 0 fully saturated rings. The van der Waals surface area contributed by atoms with Gasteiger partial charge in [0.25, 0.3) is 0 Å². The number of halogens is 4. The van der Waals surface area contributed by atoms with Gasteiger partial charge in [0.15, 0.2) is 17.6 Å². The van der Waals surface area contributed by atoms with Gasteiger partial charge in [-0.1, -0.05) is 28.1 Å². The van der Waals surface area contributed by atoms with Crippen LogP contribution in [0.5, 0.6) is 5.75 Å². The van der Waals surface area contributed by atoms with E-state index in [1.807, 2.05) is 0 Å². The minimum Gasteiger partial charge on any atom is -0.497 e. The van der Waals surface area contributed by atoms with Crippen LogP contribution in [0.4, 0.5) is 13.2 Å². The molecule has 0 spiro atoms. The number of carbonyl (C=O) groups excluding carboxylic acids is 3. The standard InChI is InChI=1S/C18H13BrF3NO4/c1-27-13-8-4-11(5-9-13)16(25)14(23-17(26)18(20,21)22)15(24)10-2-6-12(19)7-3-10/h2-9,14H,1H3,(H,23,26). The van der Waals surface area contributed by atoms with Crippen LogP contribution in [0.2, 0.25) is 0 Å². The lowest BCUT2D eigenvalue weighted by Crippen LogP contribution is -2.51. The first kappa shape index (κ1) is 20.6. The van der Waals surface area contributed by atoms with Gasteiger partial charge in [0.1, 0.15) is 5.75 Å². The van der Waals surface area contributed by atoms with Crippen molar-refractivity contribution in [3.63, 3.8) is 0 Å². The van der Waals surface area contributed by atoms with E-state index in [9.17, 15) is 27.6 Å². The summed E-state index contributed by atoms with van der Waals surface area (Å²) in [5.74, 6) is -3.88. The van der Waals surface area contributed by atoms with Crippen LogP contribution in [0.15, 0.2) is 53.0 Å². The topological polar surface area (TPSA) is 72.5 Å². The lowest BCUT2D eigenvalue weighted by Gasteiger charge is -2.18. The van der Waals surface area contributed by atoms with Gasteiger partial charge in [-0.3, -0.25) is 14.4 Å². The molecule has 9 heteroatoms. The van der Waals surface area contributed by atoms with Crippen LogP contribution in [0.3, 0.4) is 0 Å². The number of ketones is 2. The zero-order valence-corrected chi connectivity index (χ0v) is 15.4. The summed E-state index contributed by atoms with van der Waals surface area (Å²) in [4.78, 5) is 36.6. The number of carbonyl (C=O) groups is 3. The molecule has 27 heavy (non-hydrogen) atoms. The molecule has 5 nitrogen and oxygen atoms in total. The van der Waals surface area contributed by atoms with E-state index in [2.05, 4.69) is 15.9 Å². The zero-order valence-electron chi connectivity index (χ0n) is 13.8. The van der Waals surface area contributed by atoms with Crippen molar-refractivity contribution in [1.29, 1.82) is 0 Å². The number of hydrogen-bond acceptors (Lipinski definition) is 4. The van der Waals surface area contributed by atoms with Crippen LogP contribution in [-0.4, -0.2) is 36.8 Å². The van der Waals surface area contributed by atoms with E-state index in [1.165, 1.54) is 61.0 Å². The lowest BCUT2D eigenvalue weighted by molar-refractivity contribution is -0.173. The maximum atomic E-state index is 12.6. The fourth-order valence-corrected chi connectivity index (χ4v) is 2.43. The molecule has 1 amide bonds. The molecule has 0 aromatic heterocycles. The summed E-state index contributed by atoms with van der Waals surface area (Å²) in [6.07, 6.45) is -5.24. The van der Waals surface area contributed by atoms with Crippen LogP contribution in [0, 0.1) is 0 Å². The van der Waals surface area contributed by atoms with Crippen LogP contribution < -0.4 is 10.1 Å². The molecule has 142 valence electrons. The molecule has 1 N–H and O–H groups in total. The third kappa shape index (κ3) is 5.16. The van der Waals surface area contributed by atoms with Crippen molar-refractivity contribution in [3.8, 4) is 5.75 Å². The average Bonchev–Trinajstić information content (AvgIpc) is 2.64. The summed E-state index contributed by atoms with van der Waals surface area (Å²) in [6, 6.07) is 9.06. The van der Waals surface area contributed by atoms with Crippen LogP contribution in [-0.2, 0) is 4.79 Å². The molecule has 0 aliphatic heterocycles. The predicted octanol–water partition coefficient (Wildman–Crippen LogP) is 3.57. The monoisotopic (exact) mass is 443 g/mol.